The maximum absolute atomic E-state index is 13.3. The molecule has 4 aromatic rings. The topological polar surface area (TPSA) is 102 Å². The van der Waals surface area contributed by atoms with Gasteiger partial charge in [0, 0.05) is 46.4 Å². The van der Waals surface area contributed by atoms with Crippen LogP contribution in [-0.4, -0.2) is 21.7 Å². The number of nitrogens with one attached hydrogen (secondary N) is 1. The number of hydrogen-bond donors (Lipinski definition) is 1. The molecule has 7 nitrogen and oxygen atoms in total. The molecule has 4 rings (SSSR count). The number of para-hydroxylation sites is 1. The van der Waals surface area contributed by atoms with Crippen molar-refractivity contribution in [3.63, 3.8) is 0 Å². The minimum atomic E-state index is -1.12. The van der Waals surface area contributed by atoms with Gasteiger partial charge in [0.25, 0.3) is 5.69 Å². The Morgan fingerprint density at radius 1 is 0.938 bits per heavy atom. The normalized spacial score (nSPS) is 12.0. The van der Waals surface area contributed by atoms with Gasteiger partial charge in [0.1, 0.15) is 0 Å². The molecule has 0 aliphatic heterocycles. The Kier molecular flexibility index (Phi) is 5.89. The molecule has 7 heteroatoms. The van der Waals surface area contributed by atoms with E-state index in [9.17, 15) is 19.7 Å². The Hall–Kier alpha value is -4.52. The minimum Gasteiger partial charge on any atom is -0.446 e. The molecule has 1 atom stereocenters. The molecule has 0 fully saturated rings. The van der Waals surface area contributed by atoms with Gasteiger partial charge >= 0.3 is 5.97 Å². The van der Waals surface area contributed by atoms with Crippen molar-refractivity contribution in [2.75, 3.05) is 0 Å². The second-order valence-corrected chi connectivity index (χ2v) is 7.02. The number of esters is 1. The standard InChI is InChI=1S/C25H18N2O5/c28-23(15-12-17-10-13-19(14-11-17)27(30)31)32-25(18-6-2-1-3-7-18)24(29)21-16-26-22-9-5-4-8-20(21)22/h1-16,25-26H/b15-12+/t25-/m1/s1. The molecule has 0 saturated heterocycles. The first-order chi connectivity index (χ1) is 15.5. The maximum atomic E-state index is 13.3. The first kappa shape index (κ1) is 20.7. The molecular formula is C25H18N2O5. The summed E-state index contributed by atoms with van der Waals surface area (Å²) >= 11 is 0. The molecule has 0 aliphatic rings. The van der Waals surface area contributed by atoms with Gasteiger partial charge in [0.15, 0.2) is 6.10 Å². The number of rotatable bonds is 7. The summed E-state index contributed by atoms with van der Waals surface area (Å²) in [6.45, 7) is 0. The highest BCUT2D eigenvalue weighted by atomic mass is 16.6. The number of Topliss-reactive ketones (excluding diaryl/α,β-unsaturated/α-hetero) is 1. The quantitative estimate of drug-likeness (QED) is 0.143. The zero-order valence-corrected chi connectivity index (χ0v) is 16.8. The summed E-state index contributed by atoms with van der Waals surface area (Å²) in [5.41, 5.74) is 2.35. The Morgan fingerprint density at radius 2 is 1.62 bits per heavy atom. The summed E-state index contributed by atoms with van der Waals surface area (Å²) < 4.78 is 5.56. The molecule has 1 N–H and O–H groups in total. The summed E-state index contributed by atoms with van der Waals surface area (Å²) in [4.78, 5) is 39.2. The third-order valence-electron chi connectivity index (χ3n) is 4.94. The molecule has 0 spiro atoms. The number of nitro groups is 1. The maximum Gasteiger partial charge on any atom is 0.331 e. The van der Waals surface area contributed by atoms with Gasteiger partial charge in [0.05, 0.1) is 4.92 Å². The molecule has 0 amide bonds. The van der Waals surface area contributed by atoms with Crippen molar-refractivity contribution < 1.29 is 19.2 Å². The van der Waals surface area contributed by atoms with Crippen molar-refractivity contribution in [3.8, 4) is 0 Å². The average Bonchev–Trinajstić information content (AvgIpc) is 3.26. The van der Waals surface area contributed by atoms with Gasteiger partial charge in [-0.3, -0.25) is 14.9 Å². The number of nitro benzene ring substituents is 1. The van der Waals surface area contributed by atoms with Crippen LogP contribution in [0.5, 0.6) is 0 Å². The van der Waals surface area contributed by atoms with Crippen LogP contribution < -0.4 is 0 Å². The summed E-state index contributed by atoms with van der Waals surface area (Å²) in [7, 11) is 0. The van der Waals surface area contributed by atoms with E-state index < -0.39 is 17.0 Å². The lowest BCUT2D eigenvalue weighted by Crippen LogP contribution is -2.19. The van der Waals surface area contributed by atoms with Gasteiger partial charge < -0.3 is 9.72 Å². The Labute approximate surface area is 183 Å². The predicted octanol–water partition coefficient (Wildman–Crippen LogP) is 5.26. The SMILES string of the molecule is O=C(/C=C/c1ccc([N+](=O)[O-])cc1)O[C@@H](C(=O)c1c[nH]c2ccccc12)c1ccccc1. The van der Waals surface area contributed by atoms with Crippen LogP contribution in [0.4, 0.5) is 5.69 Å². The van der Waals surface area contributed by atoms with Crippen LogP contribution in [0.15, 0.2) is 91.1 Å². The fourth-order valence-electron chi connectivity index (χ4n) is 3.34. The largest absolute Gasteiger partial charge is 0.446 e. The van der Waals surface area contributed by atoms with Gasteiger partial charge in [-0.2, -0.15) is 0 Å². The molecule has 1 heterocycles. The van der Waals surface area contributed by atoms with Crippen LogP contribution in [-0.2, 0) is 9.53 Å². The number of ketones is 1. The highest BCUT2D eigenvalue weighted by molar-refractivity contribution is 6.10. The summed E-state index contributed by atoms with van der Waals surface area (Å²) in [5.74, 6) is -1.05. The highest BCUT2D eigenvalue weighted by Gasteiger charge is 2.27. The average molecular weight is 426 g/mol. The highest BCUT2D eigenvalue weighted by Crippen LogP contribution is 2.27. The smallest absolute Gasteiger partial charge is 0.331 e. The van der Waals surface area contributed by atoms with E-state index in [-0.39, 0.29) is 11.5 Å². The zero-order valence-electron chi connectivity index (χ0n) is 16.8. The molecule has 1 aromatic heterocycles. The van der Waals surface area contributed by atoms with E-state index >= 15 is 0 Å². The van der Waals surface area contributed by atoms with Crippen LogP contribution in [0.3, 0.4) is 0 Å². The molecule has 0 radical (unpaired) electrons. The lowest BCUT2D eigenvalue weighted by molar-refractivity contribution is -0.384. The van der Waals surface area contributed by atoms with Gasteiger partial charge in [-0.1, -0.05) is 48.5 Å². The molecule has 0 aliphatic carbocycles. The molecule has 3 aromatic carbocycles. The fourth-order valence-corrected chi connectivity index (χ4v) is 3.34. The van der Waals surface area contributed by atoms with Crippen molar-refractivity contribution in [3.05, 3.63) is 118 Å². The minimum absolute atomic E-state index is 0.0433. The second kappa shape index (κ2) is 9.09. The molecular weight excluding hydrogens is 408 g/mol. The van der Waals surface area contributed by atoms with E-state index in [1.807, 2.05) is 30.3 Å². The van der Waals surface area contributed by atoms with Crippen molar-refractivity contribution in [1.29, 1.82) is 0 Å². The van der Waals surface area contributed by atoms with Crippen LogP contribution >= 0.6 is 0 Å². The zero-order chi connectivity index (χ0) is 22.5. The number of nitrogens with zero attached hydrogens (tertiary/aromatic N) is 1. The van der Waals surface area contributed by atoms with E-state index in [4.69, 9.17) is 4.74 Å². The van der Waals surface area contributed by atoms with E-state index in [1.165, 1.54) is 36.4 Å². The number of benzene rings is 3. The molecule has 0 unspecified atom stereocenters. The second-order valence-electron chi connectivity index (χ2n) is 7.02. The number of fused-ring (bicyclic) bond motifs is 1. The monoisotopic (exact) mass is 426 g/mol. The number of carbonyl (C=O) groups is 2. The Bertz CT molecular complexity index is 1310. The third-order valence-corrected chi connectivity index (χ3v) is 4.94. The lowest BCUT2D eigenvalue weighted by Gasteiger charge is -2.16. The summed E-state index contributed by atoms with van der Waals surface area (Å²) in [6, 6.07) is 21.9. The van der Waals surface area contributed by atoms with Crippen LogP contribution in [0, 0.1) is 10.1 Å². The van der Waals surface area contributed by atoms with Crippen LogP contribution in [0.2, 0.25) is 0 Å². The molecule has 32 heavy (non-hydrogen) atoms. The number of carbonyl (C=O) groups excluding carboxylic acids is 2. The molecule has 0 bridgehead atoms. The van der Waals surface area contributed by atoms with E-state index in [1.54, 1.807) is 30.5 Å². The van der Waals surface area contributed by atoms with E-state index in [0.717, 1.165) is 10.9 Å². The van der Waals surface area contributed by atoms with Crippen LogP contribution in [0.25, 0.3) is 17.0 Å². The van der Waals surface area contributed by atoms with Crippen molar-refractivity contribution in [1.82, 2.24) is 4.98 Å². The van der Waals surface area contributed by atoms with Crippen molar-refractivity contribution >= 4 is 34.4 Å². The molecule has 158 valence electrons. The van der Waals surface area contributed by atoms with Gasteiger partial charge in [0.2, 0.25) is 5.78 Å². The third kappa shape index (κ3) is 4.46. The van der Waals surface area contributed by atoms with E-state index in [2.05, 4.69) is 4.98 Å². The lowest BCUT2D eigenvalue weighted by atomic mass is 9.99. The number of H-pyrrole nitrogens is 1. The number of hydrogen-bond acceptors (Lipinski definition) is 5. The first-order valence-corrected chi connectivity index (χ1v) is 9.81. The van der Waals surface area contributed by atoms with Crippen molar-refractivity contribution in [2.24, 2.45) is 0 Å². The van der Waals surface area contributed by atoms with Gasteiger partial charge in [-0.15, -0.1) is 0 Å². The number of aromatic nitrogens is 1. The number of ether oxygens (including phenoxy) is 1. The fraction of sp³-hybridized carbons (Fsp3) is 0.0400. The summed E-state index contributed by atoms with van der Waals surface area (Å²) in [6.07, 6.45) is 3.16. The number of aromatic amines is 1. The van der Waals surface area contributed by atoms with Crippen LogP contribution in [0.1, 0.15) is 27.6 Å². The number of non-ortho nitro benzene ring substituents is 1. The van der Waals surface area contributed by atoms with Gasteiger partial charge in [-0.05, 0) is 29.8 Å². The Balaban J connectivity index is 1.58. The van der Waals surface area contributed by atoms with Gasteiger partial charge in [-0.25, -0.2) is 4.79 Å². The summed E-state index contributed by atoms with van der Waals surface area (Å²) in [5, 5.41) is 11.5. The van der Waals surface area contributed by atoms with Crippen molar-refractivity contribution in [2.45, 2.75) is 6.10 Å². The van der Waals surface area contributed by atoms with E-state index in [0.29, 0.717) is 16.7 Å². The first-order valence-electron chi connectivity index (χ1n) is 9.81. The Morgan fingerprint density at radius 3 is 2.34 bits per heavy atom. The predicted molar refractivity (Wildman–Crippen MR) is 120 cm³/mol. The molecule has 0 saturated carbocycles.